The average Bonchev–Trinajstić information content (AvgIpc) is 3.04. The number of hydrogen-bond donors (Lipinski definition) is 2. The summed E-state index contributed by atoms with van der Waals surface area (Å²) in [6.07, 6.45) is 3.16. The van der Waals surface area contributed by atoms with Crippen LogP contribution in [0.3, 0.4) is 0 Å². The van der Waals surface area contributed by atoms with Crippen LogP contribution in [0.2, 0.25) is 0 Å². The molecule has 2 N–H and O–H groups in total. The zero-order valence-corrected chi connectivity index (χ0v) is 11.5. The van der Waals surface area contributed by atoms with E-state index in [0.29, 0.717) is 17.9 Å². The lowest BCUT2D eigenvalue weighted by Crippen LogP contribution is -2.22. The number of carbonyl (C=O) groups is 2. The zero-order valence-electron chi connectivity index (χ0n) is 11.5. The Bertz CT molecular complexity index is 642. The van der Waals surface area contributed by atoms with Crippen molar-refractivity contribution in [3.63, 3.8) is 0 Å². The van der Waals surface area contributed by atoms with Gasteiger partial charge < -0.3 is 10.6 Å². The van der Waals surface area contributed by atoms with E-state index < -0.39 is 0 Å². The molecule has 0 aliphatic heterocycles. The van der Waals surface area contributed by atoms with Gasteiger partial charge in [-0.05, 0) is 13.0 Å². The topological polar surface area (TPSA) is 93.8 Å². The number of aryl methyl sites for hydroxylation is 2. The standard InChI is InChI=1S/C12H16N6O2/c1-4-18-7-8(10(16-18)12(20)13-2)15-11(19)9-5-6-14-17(9)3/h5-7H,4H2,1-3H3,(H,13,20)(H,15,19). The van der Waals surface area contributed by atoms with E-state index in [1.807, 2.05) is 6.92 Å². The summed E-state index contributed by atoms with van der Waals surface area (Å²) in [5.41, 5.74) is 0.958. The molecule has 0 unspecified atom stereocenters. The highest BCUT2D eigenvalue weighted by molar-refractivity contribution is 6.07. The number of aromatic nitrogens is 4. The predicted molar refractivity (Wildman–Crippen MR) is 72.5 cm³/mol. The Morgan fingerprint density at radius 3 is 2.65 bits per heavy atom. The maximum Gasteiger partial charge on any atom is 0.274 e. The summed E-state index contributed by atoms with van der Waals surface area (Å²) in [5, 5.41) is 13.2. The van der Waals surface area contributed by atoms with E-state index in [1.54, 1.807) is 24.0 Å². The number of carbonyl (C=O) groups excluding carboxylic acids is 2. The first-order valence-corrected chi connectivity index (χ1v) is 6.15. The molecule has 0 saturated heterocycles. The molecule has 0 aliphatic carbocycles. The van der Waals surface area contributed by atoms with Gasteiger partial charge in [0.1, 0.15) is 5.69 Å². The molecule has 0 radical (unpaired) electrons. The van der Waals surface area contributed by atoms with E-state index in [-0.39, 0.29) is 17.5 Å². The minimum Gasteiger partial charge on any atom is -0.354 e. The molecule has 0 aromatic carbocycles. The first kappa shape index (κ1) is 13.8. The third-order valence-electron chi connectivity index (χ3n) is 2.83. The molecular formula is C12H16N6O2. The van der Waals surface area contributed by atoms with E-state index >= 15 is 0 Å². The fourth-order valence-electron chi connectivity index (χ4n) is 1.74. The SMILES string of the molecule is CCn1cc(NC(=O)c2ccnn2C)c(C(=O)NC)n1. The van der Waals surface area contributed by atoms with Gasteiger partial charge in [-0.25, -0.2) is 0 Å². The predicted octanol–water partition coefficient (Wildman–Crippen LogP) is 0.248. The highest BCUT2D eigenvalue weighted by Crippen LogP contribution is 2.15. The number of anilines is 1. The maximum atomic E-state index is 12.1. The van der Waals surface area contributed by atoms with Gasteiger partial charge >= 0.3 is 0 Å². The summed E-state index contributed by atoms with van der Waals surface area (Å²) < 4.78 is 3.04. The second-order valence-corrected chi connectivity index (χ2v) is 4.12. The van der Waals surface area contributed by atoms with Gasteiger partial charge in [0.2, 0.25) is 0 Å². The van der Waals surface area contributed by atoms with E-state index in [1.165, 1.54) is 17.9 Å². The van der Waals surface area contributed by atoms with Crippen LogP contribution in [-0.4, -0.2) is 38.4 Å². The molecule has 2 aromatic heterocycles. The molecule has 0 bridgehead atoms. The summed E-state index contributed by atoms with van der Waals surface area (Å²) in [5.74, 6) is -0.691. The molecule has 8 nitrogen and oxygen atoms in total. The minimum atomic E-state index is -0.350. The smallest absolute Gasteiger partial charge is 0.274 e. The summed E-state index contributed by atoms with van der Waals surface area (Å²) in [7, 11) is 3.18. The Kier molecular flexibility index (Phi) is 3.83. The lowest BCUT2D eigenvalue weighted by atomic mass is 10.3. The summed E-state index contributed by atoms with van der Waals surface area (Å²) in [4.78, 5) is 23.9. The lowest BCUT2D eigenvalue weighted by molar-refractivity contribution is 0.0958. The van der Waals surface area contributed by atoms with E-state index in [0.717, 1.165) is 0 Å². The van der Waals surface area contributed by atoms with Crippen molar-refractivity contribution < 1.29 is 9.59 Å². The molecule has 2 rings (SSSR count). The molecule has 106 valence electrons. The van der Waals surface area contributed by atoms with Crippen LogP contribution in [0.4, 0.5) is 5.69 Å². The highest BCUT2D eigenvalue weighted by atomic mass is 16.2. The lowest BCUT2D eigenvalue weighted by Gasteiger charge is -2.04. The monoisotopic (exact) mass is 276 g/mol. The van der Waals surface area contributed by atoms with Crippen LogP contribution in [0.1, 0.15) is 27.9 Å². The number of nitrogens with zero attached hydrogens (tertiary/aromatic N) is 4. The van der Waals surface area contributed by atoms with Crippen molar-refractivity contribution >= 4 is 17.5 Å². The van der Waals surface area contributed by atoms with Crippen LogP contribution in [0.5, 0.6) is 0 Å². The van der Waals surface area contributed by atoms with Crippen LogP contribution in [0.15, 0.2) is 18.5 Å². The van der Waals surface area contributed by atoms with Crippen molar-refractivity contribution in [2.24, 2.45) is 7.05 Å². The van der Waals surface area contributed by atoms with Gasteiger partial charge in [-0.2, -0.15) is 10.2 Å². The van der Waals surface area contributed by atoms with Crippen molar-refractivity contribution in [2.45, 2.75) is 13.5 Å². The van der Waals surface area contributed by atoms with Gasteiger partial charge in [-0.1, -0.05) is 0 Å². The molecule has 0 saturated carbocycles. The van der Waals surface area contributed by atoms with Gasteiger partial charge in [0.25, 0.3) is 11.8 Å². The van der Waals surface area contributed by atoms with E-state index in [2.05, 4.69) is 20.8 Å². The Labute approximate surface area is 115 Å². The Balaban J connectivity index is 2.29. The number of nitrogens with one attached hydrogen (secondary N) is 2. The van der Waals surface area contributed by atoms with Gasteiger partial charge in [0.05, 0.1) is 5.69 Å². The molecule has 2 aromatic rings. The Hall–Kier alpha value is -2.64. The highest BCUT2D eigenvalue weighted by Gasteiger charge is 2.19. The minimum absolute atomic E-state index is 0.185. The molecule has 2 amide bonds. The Morgan fingerprint density at radius 2 is 2.10 bits per heavy atom. The fraction of sp³-hybridized carbons (Fsp3) is 0.333. The zero-order chi connectivity index (χ0) is 14.7. The van der Waals surface area contributed by atoms with Crippen molar-refractivity contribution in [3.05, 3.63) is 29.8 Å². The van der Waals surface area contributed by atoms with Gasteiger partial charge in [0, 0.05) is 33.0 Å². The molecule has 2 heterocycles. The van der Waals surface area contributed by atoms with Gasteiger partial charge in [0.15, 0.2) is 5.69 Å². The molecule has 0 atom stereocenters. The second kappa shape index (κ2) is 5.55. The summed E-state index contributed by atoms with van der Waals surface area (Å²) in [6.45, 7) is 2.50. The largest absolute Gasteiger partial charge is 0.354 e. The molecule has 0 spiro atoms. The molecule has 8 heteroatoms. The molecule has 20 heavy (non-hydrogen) atoms. The quantitative estimate of drug-likeness (QED) is 0.837. The molecular weight excluding hydrogens is 260 g/mol. The van der Waals surface area contributed by atoms with Crippen LogP contribution >= 0.6 is 0 Å². The average molecular weight is 276 g/mol. The van der Waals surface area contributed by atoms with Crippen molar-refractivity contribution in [1.82, 2.24) is 24.9 Å². The van der Waals surface area contributed by atoms with Crippen molar-refractivity contribution in [3.8, 4) is 0 Å². The number of hydrogen-bond acceptors (Lipinski definition) is 4. The van der Waals surface area contributed by atoms with Crippen molar-refractivity contribution in [1.29, 1.82) is 0 Å². The van der Waals surface area contributed by atoms with Crippen LogP contribution in [0, 0.1) is 0 Å². The second-order valence-electron chi connectivity index (χ2n) is 4.12. The first-order chi connectivity index (χ1) is 9.56. The van der Waals surface area contributed by atoms with Crippen LogP contribution < -0.4 is 10.6 Å². The summed E-state index contributed by atoms with van der Waals surface area (Å²) >= 11 is 0. The van der Waals surface area contributed by atoms with Gasteiger partial charge in [-0.3, -0.25) is 19.0 Å². The van der Waals surface area contributed by atoms with E-state index in [4.69, 9.17) is 0 Å². The third kappa shape index (κ3) is 2.53. The van der Waals surface area contributed by atoms with Crippen LogP contribution in [-0.2, 0) is 13.6 Å². The maximum absolute atomic E-state index is 12.1. The summed E-state index contributed by atoms with van der Waals surface area (Å²) in [6, 6.07) is 1.60. The van der Waals surface area contributed by atoms with Gasteiger partial charge in [-0.15, -0.1) is 0 Å². The Morgan fingerprint density at radius 1 is 1.35 bits per heavy atom. The first-order valence-electron chi connectivity index (χ1n) is 6.15. The van der Waals surface area contributed by atoms with Crippen LogP contribution in [0.25, 0.3) is 0 Å². The van der Waals surface area contributed by atoms with Crippen molar-refractivity contribution in [2.75, 3.05) is 12.4 Å². The number of rotatable bonds is 4. The molecule has 0 aliphatic rings. The fourth-order valence-corrected chi connectivity index (χ4v) is 1.74. The normalized spacial score (nSPS) is 10.3. The number of amides is 2. The third-order valence-corrected chi connectivity index (χ3v) is 2.83. The van der Waals surface area contributed by atoms with E-state index in [9.17, 15) is 9.59 Å². The molecule has 0 fully saturated rings.